The van der Waals surface area contributed by atoms with Gasteiger partial charge in [-0.3, -0.25) is 10.2 Å². The monoisotopic (exact) mass is 401 g/mol. The lowest BCUT2D eigenvalue weighted by atomic mass is 10.1. The van der Waals surface area contributed by atoms with E-state index in [9.17, 15) is 14.0 Å². The number of amides is 1. The molecule has 0 fully saturated rings. The predicted octanol–water partition coefficient (Wildman–Crippen LogP) is 2.98. The maximum absolute atomic E-state index is 14.3. The van der Waals surface area contributed by atoms with E-state index in [0.717, 1.165) is 10.9 Å². The first-order valence-corrected chi connectivity index (χ1v) is 9.57. The van der Waals surface area contributed by atoms with E-state index in [2.05, 4.69) is 5.32 Å². The smallest absolute Gasteiger partial charge is 0.341 e. The van der Waals surface area contributed by atoms with Crippen LogP contribution in [0.4, 0.5) is 4.39 Å². The Hall–Kier alpha value is -3.00. The number of esters is 1. The van der Waals surface area contributed by atoms with Gasteiger partial charge in [0.2, 0.25) is 0 Å². The number of nitrogens with one attached hydrogen (secondary N) is 2. The molecule has 0 spiro atoms. The van der Waals surface area contributed by atoms with Gasteiger partial charge in [0.15, 0.2) is 0 Å². The lowest BCUT2D eigenvalue weighted by molar-refractivity contribution is 0.0498. The Labute approximate surface area is 166 Å². The van der Waals surface area contributed by atoms with Crippen molar-refractivity contribution in [2.45, 2.75) is 6.92 Å². The molecule has 0 aliphatic carbocycles. The average molecular weight is 401 g/mol. The first-order valence-electron chi connectivity index (χ1n) is 8.76. The molecule has 1 aliphatic rings. The highest BCUT2D eigenvalue weighted by Gasteiger charge is 2.18. The number of thiophene rings is 1. The lowest BCUT2D eigenvalue weighted by Crippen LogP contribution is -2.28. The molecule has 0 saturated heterocycles. The van der Waals surface area contributed by atoms with Gasteiger partial charge in [-0.05, 0) is 31.2 Å². The van der Waals surface area contributed by atoms with Gasteiger partial charge < -0.3 is 15.0 Å². The molecule has 6 nitrogen and oxygen atoms in total. The van der Waals surface area contributed by atoms with E-state index in [4.69, 9.17) is 10.1 Å². The molecule has 0 bridgehead atoms. The SMILES string of the molecule is Cc1ccc(C(=O)NCCOC(=O)c2ccc(C(=N)N3CC=CC3)cc2F)s1. The van der Waals surface area contributed by atoms with E-state index < -0.39 is 11.8 Å². The van der Waals surface area contributed by atoms with Gasteiger partial charge in [0.05, 0.1) is 17.0 Å². The average Bonchev–Trinajstić information content (AvgIpc) is 3.36. The number of amidine groups is 1. The third-order valence-corrected chi connectivity index (χ3v) is 5.18. The van der Waals surface area contributed by atoms with Crippen molar-refractivity contribution in [2.24, 2.45) is 0 Å². The number of ether oxygens (including phenoxy) is 1. The molecule has 1 aliphatic heterocycles. The molecule has 0 unspecified atom stereocenters. The number of hydrogen-bond donors (Lipinski definition) is 2. The first-order chi connectivity index (χ1) is 13.5. The maximum atomic E-state index is 14.3. The minimum absolute atomic E-state index is 0.0641. The van der Waals surface area contributed by atoms with E-state index in [0.29, 0.717) is 23.5 Å². The maximum Gasteiger partial charge on any atom is 0.341 e. The van der Waals surface area contributed by atoms with Gasteiger partial charge in [-0.2, -0.15) is 0 Å². The summed E-state index contributed by atoms with van der Waals surface area (Å²) in [6, 6.07) is 7.59. The number of rotatable bonds is 6. The van der Waals surface area contributed by atoms with E-state index in [1.165, 1.54) is 23.5 Å². The highest BCUT2D eigenvalue weighted by atomic mass is 32.1. The topological polar surface area (TPSA) is 82.5 Å². The Kier molecular flexibility index (Phi) is 6.20. The second-order valence-corrected chi connectivity index (χ2v) is 7.51. The van der Waals surface area contributed by atoms with Crippen LogP contribution >= 0.6 is 11.3 Å². The van der Waals surface area contributed by atoms with Crippen molar-refractivity contribution < 1.29 is 18.7 Å². The van der Waals surface area contributed by atoms with Gasteiger partial charge in [-0.15, -0.1) is 11.3 Å². The summed E-state index contributed by atoms with van der Waals surface area (Å²) >= 11 is 1.38. The van der Waals surface area contributed by atoms with E-state index in [-0.39, 0.29) is 30.5 Å². The van der Waals surface area contributed by atoms with Crippen LogP contribution < -0.4 is 5.32 Å². The zero-order valence-electron chi connectivity index (χ0n) is 15.3. The summed E-state index contributed by atoms with van der Waals surface area (Å²) in [5.41, 5.74) is 0.201. The minimum Gasteiger partial charge on any atom is -0.460 e. The molecular weight excluding hydrogens is 381 g/mol. The van der Waals surface area contributed by atoms with Crippen molar-refractivity contribution in [1.82, 2.24) is 10.2 Å². The van der Waals surface area contributed by atoms with Gasteiger partial charge in [0.25, 0.3) is 5.91 Å². The standard InChI is InChI=1S/C20H20FN3O3S/c1-13-4-7-17(28-13)19(25)23-8-11-27-20(26)15-6-5-14(12-16(15)21)18(22)24-9-2-3-10-24/h2-7,12,22H,8-11H2,1H3,(H,23,25). The lowest BCUT2D eigenvalue weighted by Gasteiger charge is -2.18. The molecule has 0 atom stereocenters. The third-order valence-electron chi connectivity index (χ3n) is 4.18. The number of carbonyl (C=O) groups is 2. The quantitative estimate of drug-likeness (QED) is 0.256. The summed E-state index contributed by atoms with van der Waals surface area (Å²) in [5.74, 6) is -1.58. The summed E-state index contributed by atoms with van der Waals surface area (Å²) in [5, 5.41) is 10.8. The molecule has 0 radical (unpaired) electrons. The van der Waals surface area contributed by atoms with Crippen LogP contribution in [0.3, 0.4) is 0 Å². The molecule has 2 heterocycles. The zero-order valence-corrected chi connectivity index (χ0v) is 16.1. The molecule has 1 amide bonds. The van der Waals surface area contributed by atoms with Gasteiger partial charge in [0.1, 0.15) is 18.3 Å². The van der Waals surface area contributed by atoms with Crippen molar-refractivity contribution in [2.75, 3.05) is 26.2 Å². The van der Waals surface area contributed by atoms with Crippen molar-refractivity contribution in [1.29, 1.82) is 5.41 Å². The molecular formula is C20H20FN3O3S. The first kappa shape index (κ1) is 19.8. The van der Waals surface area contributed by atoms with Crippen molar-refractivity contribution in [3.05, 3.63) is 69.2 Å². The normalized spacial score (nSPS) is 12.9. The molecule has 2 N–H and O–H groups in total. The Bertz CT molecular complexity index is 931. The van der Waals surface area contributed by atoms with E-state index >= 15 is 0 Å². The fourth-order valence-corrected chi connectivity index (χ4v) is 3.48. The van der Waals surface area contributed by atoms with E-state index in [1.807, 2.05) is 25.1 Å². The molecule has 2 aromatic rings. The summed E-state index contributed by atoms with van der Waals surface area (Å²) in [7, 11) is 0. The van der Waals surface area contributed by atoms with Gasteiger partial charge in [-0.1, -0.05) is 18.2 Å². The number of carbonyl (C=O) groups excluding carboxylic acids is 2. The van der Waals surface area contributed by atoms with Gasteiger partial charge >= 0.3 is 5.97 Å². The number of benzene rings is 1. The largest absolute Gasteiger partial charge is 0.460 e. The van der Waals surface area contributed by atoms with Crippen LogP contribution in [0, 0.1) is 18.2 Å². The van der Waals surface area contributed by atoms with Crippen LogP contribution in [0.1, 0.15) is 30.5 Å². The fraction of sp³-hybridized carbons (Fsp3) is 0.250. The number of halogens is 1. The number of nitrogens with zero attached hydrogens (tertiary/aromatic N) is 1. The highest BCUT2D eigenvalue weighted by Crippen LogP contribution is 2.16. The van der Waals surface area contributed by atoms with Crippen LogP contribution in [0.5, 0.6) is 0 Å². The van der Waals surface area contributed by atoms with Crippen LogP contribution in [-0.4, -0.2) is 48.9 Å². The Morgan fingerprint density at radius 2 is 2.00 bits per heavy atom. The molecule has 28 heavy (non-hydrogen) atoms. The summed E-state index contributed by atoms with van der Waals surface area (Å²) in [6.07, 6.45) is 3.88. The molecule has 1 aromatic heterocycles. The highest BCUT2D eigenvalue weighted by molar-refractivity contribution is 7.13. The number of hydrogen-bond acceptors (Lipinski definition) is 5. The van der Waals surface area contributed by atoms with Crippen molar-refractivity contribution in [3.63, 3.8) is 0 Å². The van der Waals surface area contributed by atoms with Crippen molar-refractivity contribution >= 4 is 29.0 Å². The molecule has 8 heteroatoms. The van der Waals surface area contributed by atoms with Crippen molar-refractivity contribution in [3.8, 4) is 0 Å². The molecule has 0 saturated carbocycles. The van der Waals surface area contributed by atoms with E-state index in [1.54, 1.807) is 11.0 Å². The molecule has 3 rings (SSSR count). The van der Waals surface area contributed by atoms with Crippen LogP contribution in [0.15, 0.2) is 42.5 Å². The second-order valence-electron chi connectivity index (χ2n) is 6.22. The van der Waals surface area contributed by atoms with Crippen LogP contribution in [0.25, 0.3) is 0 Å². The Balaban J connectivity index is 1.50. The molecule has 1 aromatic carbocycles. The van der Waals surface area contributed by atoms with Gasteiger partial charge in [0, 0.05) is 23.5 Å². The second kappa shape index (κ2) is 8.79. The fourth-order valence-electron chi connectivity index (χ4n) is 2.70. The summed E-state index contributed by atoms with van der Waals surface area (Å²) in [4.78, 5) is 27.4. The predicted molar refractivity (Wildman–Crippen MR) is 106 cm³/mol. The molecule has 146 valence electrons. The summed E-state index contributed by atoms with van der Waals surface area (Å²) in [6.45, 7) is 3.20. The minimum atomic E-state index is -0.806. The van der Waals surface area contributed by atoms with Crippen LogP contribution in [0.2, 0.25) is 0 Å². The third kappa shape index (κ3) is 4.64. The summed E-state index contributed by atoms with van der Waals surface area (Å²) < 4.78 is 19.3. The van der Waals surface area contributed by atoms with Gasteiger partial charge in [-0.25, -0.2) is 9.18 Å². The van der Waals surface area contributed by atoms with Crippen LogP contribution in [-0.2, 0) is 4.74 Å². The Morgan fingerprint density at radius 1 is 1.25 bits per heavy atom. The number of aryl methyl sites for hydroxylation is 1. The Morgan fingerprint density at radius 3 is 2.64 bits per heavy atom. The zero-order chi connectivity index (χ0) is 20.1.